The first-order chi connectivity index (χ1) is 9.59. The first kappa shape index (κ1) is 13.5. The van der Waals surface area contributed by atoms with Crippen LogP contribution in [0.3, 0.4) is 0 Å². The van der Waals surface area contributed by atoms with E-state index in [2.05, 4.69) is 12.2 Å². The van der Waals surface area contributed by atoms with Gasteiger partial charge in [-0.05, 0) is 60.6 Å². The van der Waals surface area contributed by atoms with Crippen LogP contribution in [0.25, 0.3) is 0 Å². The molecule has 3 nitrogen and oxygen atoms in total. The highest BCUT2D eigenvalue weighted by atomic mass is 16.1. The van der Waals surface area contributed by atoms with Crippen molar-refractivity contribution in [2.75, 3.05) is 12.3 Å². The van der Waals surface area contributed by atoms with Crippen LogP contribution in [0, 0.1) is 11.3 Å². The van der Waals surface area contributed by atoms with E-state index in [-0.39, 0.29) is 11.8 Å². The predicted molar refractivity (Wildman–Crippen MR) is 81.3 cm³/mol. The summed E-state index contributed by atoms with van der Waals surface area (Å²) in [6.07, 6.45) is 5.93. The van der Waals surface area contributed by atoms with E-state index in [0.29, 0.717) is 11.8 Å². The van der Waals surface area contributed by atoms with Gasteiger partial charge in [0.15, 0.2) is 0 Å². The molecule has 0 aliphatic heterocycles. The topological polar surface area (TPSA) is 55.1 Å². The van der Waals surface area contributed by atoms with Crippen molar-refractivity contribution in [2.45, 2.75) is 44.9 Å². The molecule has 3 rings (SSSR count). The van der Waals surface area contributed by atoms with Crippen LogP contribution in [0.2, 0.25) is 0 Å². The van der Waals surface area contributed by atoms with E-state index in [1.165, 1.54) is 31.2 Å². The maximum absolute atomic E-state index is 12.1. The zero-order chi connectivity index (χ0) is 14.2. The molecule has 1 aromatic carbocycles. The first-order valence-corrected chi connectivity index (χ1v) is 7.71. The van der Waals surface area contributed by atoms with Crippen molar-refractivity contribution in [3.05, 3.63) is 29.8 Å². The summed E-state index contributed by atoms with van der Waals surface area (Å²) in [7, 11) is 0. The molecule has 0 bridgehead atoms. The molecule has 1 amide bonds. The average molecular weight is 272 g/mol. The van der Waals surface area contributed by atoms with Gasteiger partial charge in [-0.25, -0.2) is 0 Å². The van der Waals surface area contributed by atoms with Gasteiger partial charge in [0.2, 0.25) is 5.91 Å². The summed E-state index contributed by atoms with van der Waals surface area (Å²) in [5.41, 5.74) is 8.12. The maximum atomic E-state index is 12.1. The summed E-state index contributed by atoms with van der Waals surface area (Å²) in [4.78, 5) is 12.1. The standard InChI is InChI=1S/C17H24N2O/c1-12(13-2-6-15(18)7-3-13)10-16(20)19-11-17(8-9-17)14-4-5-14/h2-3,6-7,12,14H,4-5,8-11,18H2,1H3,(H,19,20). The minimum absolute atomic E-state index is 0.182. The number of nitrogens with two attached hydrogens (primary N) is 1. The molecule has 0 heterocycles. The van der Waals surface area contributed by atoms with Gasteiger partial charge in [0.1, 0.15) is 0 Å². The third-order valence-electron chi connectivity index (χ3n) is 4.97. The van der Waals surface area contributed by atoms with Gasteiger partial charge in [0.05, 0.1) is 0 Å². The molecular weight excluding hydrogens is 248 g/mol. The number of hydrogen-bond donors (Lipinski definition) is 2. The number of nitrogen functional groups attached to an aromatic ring is 1. The second-order valence-electron chi connectivity index (χ2n) is 6.69. The van der Waals surface area contributed by atoms with Crippen LogP contribution in [0.1, 0.15) is 50.5 Å². The summed E-state index contributed by atoms with van der Waals surface area (Å²) in [5, 5.41) is 3.16. The molecule has 1 unspecified atom stereocenters. The Morgan fingerprint density at radius 2 is 2.00 bits per heavy atom. The molecule has 20 heavy (non-hydrogen) atoms. The first-order valence-electron chi connectivity index (χ1n) is 7.71. The lowest BCUT2D eigenvalue weighted by Gasteiger charge is -2.17. The number of hydrogen-bond acceptors (Lipinski definition) is 2. The van der Waals surface area contributed by atoms with Crippen molar-refractivity contribution in [3.63, 3.8) is 0 Å². The van der Waals surface area contributed by atoms with Crippen LogP contribution < -0.4 is 11.1 Å². The maximum Gasteiger partial charge on any atom is 0.220 e. The Bertz CT molecular complexity index is 486. The van der Waals surface area contributed by atoms with E-state index in [1.54, 1.807) is 0 Å². The van der Waals surface area contributed by atoms with Crippen LogP contribution in [-0.4, -0.2) is 12.5 Å². The summed E-state index contributed by atoms with van der Waals surface area (Å²) in [6.45, 7) is 2.99. The third kappa shape index (κ3) is 2.97. The Hall–Kier alpha value is -1.51. The average Bonchev–Trinajstić information content (AvgIpc) is 3.28. The molecular formula is C17H24N2O. The van der Waals surface area contributed by atoms with Gasteiger partial charge in [-0.1, -0.05) is 19.1 Å². The number of benzene rings is 1. The van der Waals surface area contributed by atoms with Crippen LogP contribution in [0.4, 0.5) is 5.69 Å². The monoisotopic (exact) mass is 272 g/mol. The van der Waals surface area contributed by atoms with E-state index in [4.69, 9.17) is 5.73 Å². The molecule has 0 saturated heterocycles. The Morgan fingerprint density at radius 1 is 1.35 bits per heavy atom. The number of amides is 1. The van der Waals surface area contributed by atoms with Gasteiger partial charge >= 0.3 is 0 Å². The molecule has 3 N–H and O–H groups in total. The highest BCUT2D eigenvalue weighted by Gasteiger charge is 2.53. The molecule has 0 spiro atoms. The lowest BCUT2D eigenvalue weighted by molar-refractivity contribution is -0.121. The normalized spacial score (nSPS) is 21.2. The van der Waals surface area contributed by atoms with E-state index in [0.717, 1.165) is 18.2 Å². The zero-order valence-electron chi connectivity index (χ0n) is 12.2. The summed E-state index contributed by atoms with van der Waals surface area (Å²) >= 11 is 0. The lowest BCUT2D eigenvalue weighted by atomic mass is 9.96. The fraction of sp³-hybridized carbons (Fsp3) is 0.588. The number of rotatable bonds is 6. The minimum Gasteiger partial charge on any atom is -0.399 e. The Labute approximate surface area is 120 Å². The number of carbonyl (C=O) groups is 1. The summed E-state index contributed by atoms with van der Waals surface area (Å²) in [6, 6.07) is 7.83. The molecule has 0 aromatic heterocycles. The molecule has 2 aliphatic rings. The number of nitrogens with one attached hydrogen (secondary N) is 1. The van der Waals surface area contributed by atoms with E-state index >= 15 is 0 Å². The van der Waals surface area contributed by atoms with Gasteiger partial charge in [0, 0.05) is 18.7 Å². The molecule has 108 valence electrons. The van der Waals surface area contributed by atoms with Crippen LogP contribution in [0.5, 0.6) is 0 Å². The van der Waals surface area contributed by atoms with E-state index in [1.807, 2.05) is 24.3 Å². The fourth-order valence-electron chi connectivity index (χ4n) is 3.15. The van der Waals surface area contributed by atoms with Crippen LogP contribution >= 0.6 is 0 Å². The number of carbonyl (C=O) groups excluding carboxylic acids is 1. The van der Waals surface area contributed by atoms with E-state index < -0.39 is 0 Å². The second kappa shape index (κ2) is 5.12. The van der Waals surface area contributed by atoms with Gasteiger partial charge in [-0.15, -0.1) is 0 Å². The molecule has 2 saturated carbocycles. The summed E-state index contributed by atoms with van der Waals surface area (Å²) < 4.78 is 0. The van der Waals surface area contributed by atoms with Gasteiger partial charge < -0.3 is 11.1 Å². The van der Waals surface area contributed by atoms with Crippen molar-refractivity contribution < 1.29 is 4.79 Å². The van der Waals surface area contributed by atoms with Crippen molar-refractivity contribution in [3.8, 4) is 0 Å². The molecule has 3 heteroatoms. The van der Waals surface area contributed by atoms with Crippen molar-refractivity contribution in [2.24, 2.45) is 11.3 Å². The fourth-order valence-corrected chi connectivity index (χ4v) is 3.15. The molecule has 0 radical (unpaired) electrons. The second-order valence-corrected chi connectivity index (χ2v) is 6.69. The number of anilines is 1. The van der Waals surface area contributed by atoms with Crippen molar-refractivity contribution in [1.29, 1.82) is 0 Å². The lowest BCUT2D eigenvalue weighted by Crippen LogP contribution is -2.31. The van der Waals surface area contributed by atoms with Gasteiger partial charge in [0.25, 0.3) is 0 Å². The Balaban J connectivity index is 1.47. The van der Waals surface area contributed by atoms with Crippen molar-refractivity contribution in [1.82, 2.24) is 5.32 Å². The minimum atomic E-state index is 0.182. The van der Waals surface area contributed by atoms with Crippen molar-refractivity contribution >= 4 is 11.6 Å². The largest absolute Gasteiger partial charge is 0.399 e. The SMILES string of the molecule is CC(CC(=O)NCC1(C2CC2)CC1)c1ccc(N)cc1. The molecule has 1 atom stereocenters. The highest BCUT2D eigenvalue weighted by molar-refractivity contribution is 5.77. The quantitative estimate of drug-likeness (QED) is 0.782. The molecule has 2 fully saturated rings. The Kier molecular flexibility index (Phi) is 3.45. The summed E-state index contributed by atoms with van der Waals surface area (Å²) in [5.74, 6) is 1.32. The van der Waals surface area contributed by atoms with E-state index in [9.17, 15) is 4.79 Å². The van der Waals surface area contributed by atoms with Crippen LogP contribution in [-0.2, 0) is 4.79 Å². The highest BCUT2D eigenvalue weighted by Crippen LogP contribution is 2.60. The zero-order valence-corrected chi connectivity index (χ0v) is 12.2. The Morgan fingerprint density at radius 3 is 2.55 bits per heavy atom. The predicted octanol–water partition coefficient (Wildman–Crippen LogP) is 3.07. The smallest absolute Gasteiger partial charge is 0.220 e. The third-order valence-corrected chi connectivity index (χ3v) is 4.97. The van der Waals surface area contributed by atoms with Gasteiger partial charge in [-0.2, -0.15) is 0 Å². The molecule has 1 aromatic rings. The van der Waals surface area contributed by atoms with Crippen LogP contribution in [0.15, 0.2) is 24.3 Å². The molecule has 2 aliphatic carbocycles. The van der Waals surface area contributed by atoms with Gasteiger partial charge in [-0.3, -0.25) is 4.79 Å².